The molecular formula is C39H31N. The molecule has 1 heterocycles. The van der Waals surface area contributed by atoms with Crippen LogP contribution in [0.4, 0.5) is 0 Å². The minimum absolute atomic E-state index is 0.0464. The molecule has 0 N–H and O–H groups in total. The molecule has 0 aliphatic heterocycles. The molecule has 0 fully saturated rings. The number of hydrogen-bond acceptors (Lipinski definition) is 1. The van der Waals surface area contributed by atoms with E-state index in [0.717, 1.165) is 18.5 Å². The maximum Gasteiger partial charge on any atom is 0.0792 e. The lowest BCUT2D eigenvalue weighted by atomic mass is 9.79. The van der Waals surface area contributed by atoms with Gasteiger partial charge >= 0.3 is 0 Å². The Kier molecular flexibility index (Phi) is 4.97. The summed E-state index contributed by atoms with van der Waals surface area (Å²) < 4.78 is 0. The van der Waals surface area contributed by atoms with Gasteiger partial charge in [-0.25, -0.2) is 0 Å². The third kappa shape index (κ3) is 3.24. The van der Waals surface area contributed by atoms with Crippen LogP contribution < -0.4 is 0 Å². The monoisotopic (exact) mass is 513 g/mol. The number of pyridine rings is 1. The van der Waals surface area contributed by atoms with Gasteiger partial charge in [0.1, 0.15) is 0 Å². The Morgan fingerprint density at radius 1 is 0.700 bits per heavy atom. The van der Waals surface area contributed by atoms with Crippen molar-refractivity contribution < 1.29 is 0 Å². The van der Waals surface area contributed by atoms with E-state index in [1.165, 1.54) is 76.8 Å². The Labute approximate surface area is 235 Å². The maximum absolute atomic E-state index is 5.00. The topological polar surface area (TPSA) is 12.9 Å². The molecule has 0 bridgehead atoms. The van der Waals surface area contributed by atoms with Gasteiger partial charge in [-0.05, 0) is 92.2 Å². The van der Waals surface area contributed by atoms with Crippen LogP contribution >= 0.6 is 0 Å². The summed E-state index contributed by atoms with van der Waals surface area (Å²) in [6.07, 6.45) is 8.91. The van der Waals surface area contributed by atoms with E-state index in [1.54, 1.807) is 0 Å². The number of aromatic nitrogens is 1. The number of allylic oxidation sites excluding steroid dienone is 4. The van der Waals surface area contributed by atoms with Gasteiger partial charge in [0.15, 0.2) is 0 Å². The van der Waals surface area contributed by atoms with Crippen LogP contribution in [-0.2, 0) is 5.41 Å². The lowest BCUT2D eigenvalue weighted by molar-refractivity contribution is 0.651. The highest BCUT2D eigenvalue weighted by Gasteiger charge is 2.37. The molecule has 0 atom stereocenters. The Balaban J connectivity index is 1.49. The first-order valence-corrected chi connectivity index (χ1v) is 14.4. The molecule has 40 heavy (non-hydrogen) atoms. The van der Waals surface area contributed by atoms with Gasteiger partial charge in [-0.3, -0.25) is 4.98 Å². The third-order valence-corrected chi connectivity index (χ3v) is 9.24. The molecule has 6 aromatic rings. The van der Waals surface area contributed by atoms with Crippen molar-refractivity contribution in [1.82, 2.24) is 4.98 Å². The van der Waals surface area contributed by atoms with Gasteiger partial charge in [-0.1, -0.05) is 110 Å². The first kappa shape index (κ1) is 23.4. The highest BCUT2D eigenvalue weighted by Crippen LogP contribution is 2.52. The van der Waals surface area contributed by atoms with E-state index >= 15 is 0 Å². The summed E-state index contributed by atoms with van der Waals surface area (Å²) in [5.41, 5.74) is 12.1. The fraction of sp³-hybridized carbons (Fsp3) is 0.154. The molecule has 2 aliphatic carbocycles. The maximum atomic E-state index is 5.00. The molecule has 1 heteroatoms. The zero-order valence-corrected chi connectivity index (χ0v) is 23.3. The fourth-order valence-electron chi connectivity index (χ4n) is 7.35. The van der Waals surface area contributed by atoms with Crippen molar-refractivity contribution >= 4 is 37.9 Å². The Morgan fingerprint density at radius 3 is 2.30 bits per heavy atom. The zero-order chi connectivity index (χ0) is 27.0. The number of nitrogens with zero attached hydrogens (tertiary/aromatic N) is 1. The Morgan fingerprint density at radius 2 is 1.45 bits per heavy atom. The van der Waals surface area contributed by atoms with E-state index < -0.39 is 0 Å². The van der Waals surface area contributed by atoms with Gasteiger partial charge < -0.3 is 0 Å². The second-order valence-electron chi connectivity index (χ2n) is 11.9. The molecule has 8 rings (SSSR count). The van der Waals surface area contributed by atoms with Crippen LogP contribution in [-0.4, -0.2) is 4.98 Å². The second kappa shape index (κ2) is 8.50. The predicted octanol–water partition coefficient (Wildman–Crippen LogP) is 10.6. The summed E-state index contributed by atoms with van der Waals surface area (Å²) in [5.74, 6) is 0. The van der Waals surface area contributed by atoms with Crippen LogP contribution in [0.1, 0.15) is 43.4 Å². The normalized spacial score (nSPS) is 15.7. The van der Waals surface area contributed by atoms with Crippen LogP contribution in [0.5, 0.6) is 0 Å². The van der Waals surface area contributed by atoms with Crippen molar-refractivity contribution in [3.63, 3.8) is 0 Å². The lowest BCUT2D eigenvalue weighted by Crippen LogP contribution is -2.16. The summed E-state index contributed by atoms with van der Waals surface area (Å²) in [4.78, 5) is 5.00. The van der Waals surface area contributed by atoms with Crippen LogP contribution in [0.2, 0.25) is 0 Å². The van der Waals surface area contributed by atoms with Crippen molar-refractivity contribution in [2.24, 2.45) is 0 Å². The van der Waals surface area contributed by atoms with E-state index in [9.17, 15) is 0 Å². The number of hydrogen-bond donors (Lipinski definition) is 0. The average molecular weight is 514 g/mol. The molecule has 0 radical (unpaired) electrons. The van der Waals surface area contributed by atoms with E-state index in [2.05, 4.69) is 124 Å². The predicted molar refractivity (Wildman–Crippen MR) is 171 cm³/mol. The van der Waals surface area contributed by atoms with Crippen LogP contribution in [0.15, 0.2) is 115 Å². The van der Waals surface area contributed by atoms with Crippen LogP contribution in [0.25, 0.3) is 60.3 Å². The lowest BCUT2D eigenvalue weighted by Gasteiger charge is -2.24. The van der Waals surface area contributed by atoms with Gasteiger partial charge in [0.05, 0.1) is 5.69 Å². The third-order valence-electron chi connectivity index (χ3n) is 9.24. The average Bonchev–Trinajstić information content (AvgIpc) is 3.21. The van der Waals surface area contributed by atoms with Crippen molar-refractivity contribution in [3.8, 4) is 22.4 Å². The minimum Gasteiger partial charge on any atom is -0.256 e. The summed E-state index contributed by atoms with van der Waals surface area (Å²) in [6, 6.07) is 33.8. The van der Waals surface area contributed by atoms with E-state index in [-0.39, 0.29) is 5.41 Å². The molecule has 0 unspecified atom stereocenters. The largest absolute Gasteiger partial charge is 0.256 e. The number of rotatable bonds is 2. The van der Waals surface area contributed by atoms with Gasteiger partial charge in [0.25, 0.3) is 0 Å². The molecule has 0 amide bonds. The van der Waals surface area contributed by atoms with Crippen LogP contribution in [0, 0.1) is 6.92 Å². The molecule has 0 saturated heterocycles. The van der Waals surface area contributed by atoms with Gasteiger partial charge in [-0.2, -0.15) is 0 Å². The van der Waals surface area contributed by atoms with Crippen molar-refractivity contribution in [2.75, 3.05) is 0 Å². The fourth-order valence-corrected chi connectivity index (χ4v) is 7.35. The molecule has 5 aromatic carbocycles. The highest BCUT2D eigenvalue weighted by atomic mass is 14.7. The molecule has 0 spiro atoms. The first-order valence-electron chi connectivity index (χ1n) is 14.4. The molecule has 1 aromatic heterocycles. The van der Waals surface area contributed by atoms with Crippen LogP contribution in [0.3, 0.4) is 0 Å². The van der Waals surface area contributed by atoms with Crippen molar-refractivity contribution in [1.29, 1.82) is 0 Å². The number of fused-ring (bicyclic) bond motifs is 5. The smallest absolute Gasteiger partial charge is 0.0792 e. The zero-order valence-electron chi connectivity index (χ0n) is 23.3. The molecule has 1 nitrogen and oxygen atoms in total. The van der Waals surface area contributed by atoms with E-state index in [1.807, 2.05) is 6.20 Å². The minimum atomic E-state index is 0.0464. The SMILES string of the molecule is Cc1ccc2c(-c3nccc4ccccc34)c3ccccc3c(-c3ccc4c(c3)C3=C(C=CCC3)C4(C)C)c2c1. The van der Waals surface area contributed by atoms with Gasteiger partial charge in [-0.15, -0.1) is 0 Å². The van der Waals surface area contributed by atoms with Gasteiger partial charge in [0, 0.05) is 22.6 Å². The summed E-state index contributed by atoms with van der Waals surface area (Å²) in [6.45, 7) is 6.96. The highest BCUT2D eigenvalue weighted by molar-refractivity contribution is 6.23. The quantitative estimate of drug-likeness (QED) is 0.210. The molecule has 0 saturated carbocycles. The summed E-state index contributed by atoms with van der Waals surface area (Å²) in [7, 11) is 0. The molecule has 2 aliphatic rings. The van der Waals surface area contributed by atoms with Crippen molar-refractivity contribution in [3.05, 3.63) is 132 Å². The summed E-state index contributed by atoms with van der Waals surface area (Å²) in [5, 5.41) is 7.48. The van der Waals surface area contributed by atoms with Crippen molar-refractivity contribution in [2.45, 2.75) is 39.0 Å². The number of benzene rings is 5. The summed E-state index contributed by atoms with van der Waals surface area (Å²) >= 11 is 0. The second-order valence-corrected chi connectivity index (χ2v) is 11.9. The van der Waals surface area contributed by atoms with E-state index in [4.69, 9.17) is 4.98 Å². The Bertz CT molecular complexity index is 2080. The van der Waals surface area contributed by atoms with E-state index in [0.29, 0.717) is 0 Å². The first-order chi connectivity index (χ1) is 19.5. The number of aryl methyl sites for hydroxylation is 1. The van der Waals surface area contributed by atoms with Gasteiger partial charge in [0.2, 0.25) is 0 Å². The Hall–Kier alpha value is -4.49. The standard InChI is InChI=1S/C39H31N/c1-24-16-18-31-33(22-24)36(26-17-19-35-32(23-26)28-12-8-9-15-34(28)39(35,2)3)29-13-6-7-14-30(29)37(31)38-27-11-5-4-10-25(27)20-21-40-38/h4-7,9-11,13-23H,8,12H2,1-3H3. The molecular weight excluding hydrogens is 482 g/mol. The molecule has 192 valence electrons.